The molecule has 1 amide bonds. The molecule has 0 aliphatic carbocycles. The van der Waals surface area contributed by atoms with Crippen molar-refractivity contribution in [1.29, 1.82) is 0 Å². The third-order valence-electron chi connectivity index (χ3n) is 3.44. The molecule has 0 fully saturated rings. The van der Waals surface area contributed by atoms with Crippen LogP contribution in [0.5, 0.6) is 0 Å². The monoisotopic (exact) mass is 300 g/mol. The Morgan fingerprint density at radius 1 is 1.43 bits per heavy atom. The maximum Gasteiger partial charge on any atom is 0.263 e. The van der Waals surface area contributed by atoms with Gasteiger partial charge < -0.3 is 11.1 Å². The molecule has 2 aromatic heterocycles. The van der Waals surface area contributed by atoms with Gasteiger partial charge in [0.15, 0.2) is 0 Å². The van der Waals surface area contributed by atoms with Gasteiger partial charge in [-0.15, -0.1) is 11.3 Å². The predicted octanol–water partition coefficient (Wildman–Crippen LogP) is 2.46. The van der Waals surface area contributed by atoms with Crippen molar-refractivity contribution in [3.8, 4) is 0 Å². The average molecular weight is 300 g/mol. The number of nitrogens with two attached hydrogens (primary N) is 1. The molecule has 0 aliphatic heterocycles. The Kier molecular flexibility index (Phi) is 3.39. The number of nitrogens with one attached hydrogen (secondary N) is 1. The number of nitrogen functional groups attached to an aromatic ring is 1. The van der Waals surface area contributed by atoms with Crippen LogP contribution in [0.15, 0.2) is 30.5 Å². The van der Waals surface area contributed by atoms with E-state index in [2.05, 4.69) is 10.4 Å². The molecule has 0 spiro atoms. The molecule has 0 saturated carbocycles. The fourth-order valence-corrected chi connectivity index (χ4v) is 3.36. The summed E-state index contributed by atoms with van der Waals surface area (Å²) >= 11 is 1.43. The van der Waals surface area contributed by atoms with E-state index in [4.69, 9.17) is 5.73 Å². The van der Waals surface area contributed by atoms with Gasteiger partial charge in [-0.3, -0.25) is 9.48 Å². The van der Waals surface area contributed by atoms with Gasteiger partial charge in [-0.1, -0.05) is 12.1 Å². The SMILES string of the molecule is Cc1ccc2c(N)c(C(=O)NCc3ccnn3C)sc2c1. The summed E-state index contributed by atoms with van der Waals surface area (Å²) in [5, 5.41) is 7.90. The molecule has 3 N–H and O–H groups in total. The zero-order valence-electron chi connectivity index (χ0n) is 11.9. The smallest absolute Gasteiger partial charge is 0.263 e. The number of fused-ring (bicyclic) bond motifs is 1. The summed E-state index contributed by atoms with van der Waals surface area (Å²) in [5.74, 6) is -0.146. The minimum atomic E-state index is -0.146. The first-order chi connectivity index (χ1) is 10.1. The maximum atomic E-state index is 12.3. The summed E-state index contributed by atoms with van der Waals surface area (Å²) < 4.78 is 2.77. The molecule has 108 valence electrons. The lowest BCUT2D eigenvalue weighted by molar-refractivity contribution is 0.0955. The van der Waals surface area contributed by atoms with Crippen molar-refractivity contribution in [2.75, 3.05) is 5.73 Å². The van der Waals surface area contributed by atoms with Gasteiger partial charge in [0.05, 0.1) is 17.9 Å². The summed E-state index contributed by atoms with van der Waals surface area (Å²) in [7, 11) is 1.85. The van der Waals surface area contributed by atoms with Gasteiger partial charge in [-0.2, -0.15) is 5.10 Å². The quantitative estimate of drug-likeness (QED) is 0.780. The Morgan fingerprint density at radius 2 is 2.24 bits per heavy atom. The molecule has 0 bridgehead atoms. The number of thiophene rings is 1. The molecule has 6 heteroatoms. The molecule has 2 heterocycles. The third-order valence-corrected chi connectivity index (χ3v) is 4.61. The van der Waals surface area contributed by atoms with Crippen LogP contribution in [0.2, 0.25) is 0 Å². The van der Waals surface area contributed by atoms with Crippen molar-refractivity contribution >= 4 is 33.0 Å². The van der Waals surface area contributed by atoms with Gasteiger partial charge in [0, 0.05) is 23.3 Å². The molecule has 0 radical (unpaired) electrons. The van der Waals surface area contributed by atoms with Crippen molar-refractivity contribution in [2.24, 2.45) is 7.05 Å². The molecule has 3 rings (SSSR count). The van der Waals surface area contributed by atoms with Crippen LogP contribution in [0, 0.1) is 6.92 Å². The standard InChI is InChI=1S/C15H16N4OS/c1-9-3-4-11-12(7-9)21-14(13(11)16)15(20)17-8-10-5-6-18-19(10)2/h3-7H,8,16H2,1-2H3,(H,17,20). The number of benzene rings is 1. The van der Waals surface area contributed by atoms with Gasteiger partial charge in [-0.05, 0) is 24.6 Å². The molecule has 3 aromatic rings. The van der Waals surface area contributed by atoms with E-state index in [-0.39, 0.29) is 5.91 Å². The lowest BCUT2D eigenvalue weighted by Crippen LogP contribution is -2.23. The summed E-state index contributed by atoms with van der Waals surface area (Å²) in [4.78, 5) is 12.9. The van der Waals surface area contributed by atoms with Crippen molar-refractivity contribution in [1.82, 2.24) is 15.1 Å². The third kappa shape index (κ3) is 2.50. The van der Waals surface area contributed by atoms with Crippen molar-refractivity contribution in [3.63, 3.8) is 0 Å². The van der Waals surface area contributed by atoms with Crippen molar-refractivity contribution in [2.45, 2.75) is 13.5 Å². The molecule has 1 aromatic carbocycles. The van der Waals surface area contributed by atoms with Gasteiger partial charge in [0.2, 0.25) is 0 Å². The fourth-order valence-electron chi connectivity index (χ4n) is 2.22. The largest absolute Gasteiger partial charge is 0.397 e. The Balaban J connectivity index is 1.84. The number of carbonyl (C=O) groups excluding carboxylic acids is 1. The normalized spacial score (nSPS) is 11.0. The highest BCUT2D eigenvalue weighted by molar-refractivity contribution is 7.21. The van der Waals surface area contributed by atoms with Gasteiger partial charge in [0.1, 0.15) is 4.88 Å². The molecule has 5 nitrogen and oxygen atoms in total. The van der Waals surface area contributed by atoms with Gasteiger partial charge in [-0.25, -0.2) is 0 Å². The van der Waals surface area contributed by atoms with Gasteiger partial charge in [0.25, 0.3) is 5.91 Å². The minimum absolute atomic E-state index is 0.146. The lowest BCUT2D eigenvalue weighted by Gasteiger charge is -2.04. The fraction of sp³-hybridized carbons (Fsp3) is 0.200. The summed E-state index contributed by atoms with van der Waals surface area (Å²) in [6, 6.07) is 7.89. The van der Waals surface area contributed by atoms with Crippen LogP contribution in [0.4, 0.5) is 5.69 Å². The maximum absolute atomic E-state index is 12.3. The summed E-state index contributed by atoms with van der Waals surface area (Å²) in [6.07, 6.45) is 1.71. The molecule has 0 atom stereocenters. The Morgan fingerprint density at radius 3 is 2.95 bits per heavy atom. The first kappa shape index (κ1) is 13.6. The topological polar surface area (TPSA) is 72.9 Å². The summed E-state index contributed by atoms with van der Waals surface area (Å²) in [5.41, 5.74) is 8.76. The average Bonchev–Trinajstić information content (AvgIpc) is 3.00. The van der Waals surface area contributed by atoms with E-state index in [1.165, 1.54) is 11.3 Å². The number of carbonyl (C=O) groups is 1. The van der Waals surface area contributed by atoms with Crippen LogP contribution in [0.3, 0.4) is 0 Å². The second-order valence-electron chi connectivity index (χ2n) is 4.97. The number of amides is 1. The predicted molar refractivity (Wildman–Crippen MR) is 85.4 cm³/mol. The molecule has 0 unspecified atom stereocenters. The lowest BCUT2D eigenvalue weighted by atomic mass is 10.1. The number of nitrogens with zero attached hydrogens (tertiary/aromatic N) is 2. The van der Waals surface area contributed by atoms with Crippen LogP contribution < -0.4 is 11.1 Å². The number of aryl methyl sites for hydroxylation is 2. The van der Waals surface area contributed by atoms with Crippen LogP contribution >= 0.6 is 11.3 Å². The molecule has 0 saturated heterocycles. The number of aromatic nitrogens is 2. The Hall–Kier alpha value is -2.34. The Labute approximate surface area is 126 Å². The van der Waals surface area contributed by atoms with Crippen molar-refractivity contribution < 1.29 is 4.79 Å². The van der Waals surface area contributed by atoms with Crippen LogP contribution in [-0.2, 0) is 13.6 Å². The number of hydrogen-bond donors (Lipinski definition) is 2. The van der Waals surface area contributed by atoms with Crippen LogP contribution in [-0.4, -0.2) is 15.7 Å². The first-order valence-electron chi connectivity index (χ1n) is 6.60. The highest BCUT2D eigenvalue weighted by atomic mass is 32.1. The number of anilines is 1. The summed E-state index contributed by atoms with van der Waals surface area (Å²) in [6.45, 7) is 2.46. The van der Waals surface area contributed by atoms with Crippen LogP contribution in [0.1, 0.15) is 20.9 Å². The first-order valence-corrected chi connectivity index (χ1v) is 7.41. The zero-order chi connectivity index (χ0) is 15.0. The van der Waals surface area contributed by atoms with E-state index in [0.29, 0.717) is 17.1 Å². The highest BCUT2D eigenvalue weighted by Gasteiger charge is 2.16. The minimum Gasteiger partial charge on any atom is -0.397 e. The van der Waals surface area contributed by atoms with Gasteiger partial charge >= 0.3 is 0 Å². The van der Waals surface area contributed by atoms with Crippen molar-refractivity contribution in [3.05, 3.63) is 46.6 Å². The van der Waals surface area contributed by atoms with E-state index in [0.717, 1.165) is 21.3 Å². The molecular formula is C15H16N4OS. The highest BCUT2D eigenvalue weighted by Crippen LogP contribution is 2.34. The second kappa shape index (κ2) is 5.21. The van der Waals surface area contributed by atoms with Crippen LogP contribution in [0.25, 0.3) is 10.1 Å². The molecular weight excluding hydrogens is 284 g/mol. The Bertz CT molecular complexity index is 818. The number of rotatable bonds is 3. The van der Waals surface area contributed by atoms with E-state index in [1.54, 1.807) is 10.9 Å². The molecule has 0 aliphatic rings. The molecule has 21 heavy (non-hydrogen) atoms. The number of hydrogen-bond acceptors (Lipinski definition) is 4. The van der Waals surface area contributed by atoms with E-state index >= 15 is 0 Å². The van der Waals surface area contributed by atoms with E-state index < -0.39 is 0 Å². The van der Waals surface area contributed by atoms with E-state index in [1.807, 2.05) is 38.2 Å². The second-order valence-corrected chi connectivity index (χ2v) is 6.03. The van der Waals surface area contributed by atoms with E-state index in [9.17, 15) is 4.79 Å². The zero-order valence-corrected chi connectivity index (χ0v) is 12.7.